The van der Waals surface area contributed by atoms with E-state index >= 15 is 0 Å². The fourth-order valence-electron chi connectivity index (χ4n) is 1.23. The van der Waals surface area contributed by atoms with Gasteiger partial charge in [0.15, 0.2) is 0 Å². The van der Waals surface area contributed by atoms with Crippen molar-refractivity contribution in [3.63, 3.8) is 0 Å². The minimum atomic E-state index is -0.0989. The Morgan fingerprint density at radius 2 is 2.16 bits per heavy atom. The van der Waals surface area contributed by atoms with Crippen LogP contribution < -0.4 is 16.2 Å². The van der Waals surface area contributed by atoms with Crippen LogP contribution >= 0.6 is 11.6 Å². The molecule has 0 radical (unpaired) electrons. The van der Waals surface area contributed by atoms with Crippen molar-refractivity contribution >= 4 is 23.8 Å². The maximum absolute atomic E-state index is 6.07. The normalized spacial score (nSPS) is 10.6. The number of guanidine groups is 1. The van der Waals surface area contributed by atoms with E-state index in [1.54, 1.807) is 18.2 Å². The molecule has 0 heterocycles. The summed E-state index contributed by atoms with van der Waals surface area (Å²) in [5, 5.41) is 7.68. The van der Waals surface area contributed by atoms with E-state index in [2.05, 4.69) is 10.2 Å². The summed E-state index contributed by atoms with van der Waals surface area (Å²) in [6, 6.07) is 5.27. The van der Waals surface area contributed by atoms with Crippen molar-refractivity contribution in [3.05, 3.63) is 28.8 Å². The zero-order chi connectivity index (χ0) is 14.1. The molecule has 0 saturated carbocycles. The van der Waals surface area contributed by atoms with E-state index in [1.807, 2.05) is 6.92 Å². The molecule has 0 atom stereocenters. The van der Waals surface area contributed by atoms with Crippen LogP contribution in [0.5, 0.6) is 5.75 Å². The van der Waals surface area contributed by atoms with Crippen molar-refractivity contribution in [2.45, 2.75) is 6.92 Å². The summed E-state index contributed by atoms with van der Waals surface area (Å²) >= 11 is 6.07. The first-order valence-corrected chi connectivity index (χ1v) is 6.13. The lowest BCUT2D eigenvalue weighted by molar-refractivity contribution is 0.110. The number of hydrogen-bond donors (Lipinski definition) is 2. The average Bonchev–Trinajstić information content (AvgIpc) is 2.36. The van der Waals surface area contributed by atoms with E-state index in [0.29, 0.717) is 30.6 Å². The smallest absolute Gasteiger partial charge is 0.211 e. The predicted octanol–water partition coefficient (Wildman–Crippen LogP) is 1.36. The second-order valence-corrected chi connectivity index (χ2v) is 3.91. The third kappa shape index (κ3) is 6.08. The van der Waals surface area contributed by atoms with Crippen LogP contribution in [-0.4, -0.2) is 32.0 Å². The SMILES string of the molecule is CCOCCOc1ccc(C=NN=C(N)N)cc1Cl. The fraction of sp³-hybridized carbons (Fsp3) is 0.333. The van der Waals surface area contributed by atoms with Gasteiger partial charge in [-0.2, -0.15) is 5.10 Å². The maximum atomic E-state index is 6.07. The fourth-order valence-corrected chi connectivity index (χ4v) is 1.48. The lowest BCUT2D eigenvalue weighted by Crippen LogP contribution is -2.21. The molecular formula is C12H17ClN4O2. The van der Waals surface area contributed by atoms with Crippen molar-refractivity contribution in [2.24, 2.45) is 21.7 Å². The van der Waals surface area contributed by atoms with Crippen LogP contribution in [0.2, 0.25) is 5.02 Å². The quantitative estimate of drug-likeness (QED) is 0.342. The predicted molar refractivity (Wildman–Crippen MR) is 76.8 cm³/mol. The minimum absolute atomic E-state index is 0.0989. The third-order valence-corrected chi connectivity index (χ3v) is 2.32. The summed E-state index contributed by atoms with van der Waals surface area (Å²) in [7, 11) is 0. The summed E-state index contributed by atoms with van der Waals surface area (Å²) in [6.07, 6.45) is 1.50. The third-order valence-electron chi connectivity index (χ3n) is 2.03. The van der Waals surface area contributed by atoms with Gasteiger partial charge >= 0.3 is 0 Å². The Balaban J connectivity index is 2.59. The number of rotatable bonds is 7. The van der Waals surface area contributed by atoms with Gasteiger partial charge in [-0.1, -0.05) is 11.6 Å². The molecule has 1 rings (SSSR count). The van der Waals surface area contributed by atoms with E-state index in [-0.39, 0.29) is 5.96 Å². The summed E-state index contributed by atoms with van der Waals surface area (Å²) in [5.41, 5.74) is 11.1. The molecule has 6 nitrogen and oxygen atoms in total. The molecule has 0 bridgehead atoms. The molecule has 4 N–H and O–H groups in total. The highest BCUT2D eigenvalue weighted by Gasteiger charge is 2.02. The second kappa shape index (κ2) is 8.34. The van der Waals surface area contributed by atoms with E-state index in [0.717, 1.165) is 5.56 Å². The van der Waals surface area contributed by atoms with E-state index < -0.39 is 0 Å². The molecule has 0 amide bonds. The van der Waals surface area contributed by atoms with Crippen molar-refractivity contribution in [3.8, 4) is 5.75 Å². The maximum Gasteiger partial charge on any atom is 0.211 e. The van der Waals surface area contributed by atoms with Gasteiger partial charge in [0, 0.05) is 6.61 Å². The van der Waals surface area contributed by atoms with Crippen molar-refractivity contribution in [2.75, 3.05) is 19.8 Å². The zero-order valence-electron chi connectivity index (χ0n) is 10.7. The van der Waals surface area contributed by atoms with Gasteiger partial charge in [0.2, 0.25) is 5.96 Å². The largest absolute Gasteiger partial charge is 0.490 e. The first-order chi connectivity index (χ1) is 9.13. The molecule has 0 aliphatic heterocycles. The number of nitrogens with two attached hydrogens (primary N) is 2. The Hall–Kier alpha value is -1.79. The summed E-state index contributed by atoms with van der Waals surface area (Å²) in [6.45, 7) is 3.57. The van der Waals surface area contributed by atoms with Crippen LogP contribution in [0.4, 0.5) is 0 Å². The van der Waals surface area contributed by atoms with Crippen LogP contribution in [0, 0.1) is 0 Å². The Labute approximate surface area is 117 Å². The van der Waals surface area contributed by atoms with E-state index in [1.165, 1.54) is 6.21 Å². The Bertz CT molecular complexity index is 459. The molecule has 7 heteroatoms. The number of nitrogens with zero attached hydrogens (tertiary/aromatic N) is 2. The van der Waals surface area contributed by atoms with Gasteiger partial charge in [-0.3, -0.25) is 0 Å². The topological polar surface area (TPSA) is 95.2 Å². The van der Waals surface area contributed by atoms with Crippen LogP contribution in [0.3, 0.4) is 0 Å². The molecule has 104 valence electrons. The van der Waals surface area contributed by atoms with Crippen LogP contribution in [0.1, 0.15) is 12.5 Å². The molecule has 1 aromatic carbocycles. The van der Waals surface area contributed by atoms with Crippen molar-refractivity contribution < 1.29 is 9.47 Å². The van der Waals surface area contributed by atoms with Crippen molar-refractivity contribution in [1.29, 1.82) is 0 Å². The molecule has 0 aromatic heterocycles. The molecule has 0 aliphatic rings. The highest BCUT2D eigenvalue weighted by atomic mass is 35.5. The summed E-state index contributed by atoms with van der Waals surface area (Å²) in [4.78, 5) is 0. The first kappa shape index (κ1) is 15.3. The second-order valence-electron chi connectivity index (χ2n) is 3.50. The first-order valence-electron chi connectivity index (χ1n) is 5.75. The highest BCUT2D eigenvalue weighted by molar-refractivity contribution is 6.32. The van der Waals surface area contributed by atoms with E-state index in [9.17, 15) is 0 Å². The van der Waals surface area contributed by atoms with E-state index in [4.69, 9.17) is 32.5 Å². The molecule has 0 saturated heterocycles. The van der Waals surface area contributed by atoms with Gasteiger partial charge in [0.05, 0.1) is 17.8 Å². The number of halogens is 1. The highest BCUT2D eigenvalue weighted by Crippen LogP contribution is 2.24. The number of ether oxygens (including phenoxy) is 2. The Morgan fingerprint density at radius 3 is 2.79 bits per heavy atom. The Morgan fingerprint density at radius 1 is 1.37 bits per heavy atom. The lowest BCUT2D eigenvalue weighted by atomic mass is 10.2. The van der Waals surface area contributed by atoms with Gasteiger partial charge in [-0.15, -0.1) is 5.10 Å². The summed E-state index contributed by atoms with van der Waals surface area (Å²) < 4.78 is 10.6. The van der Waals surface area contributed by atoms with Gasteiger partial charge in [-0.25, -0.2) is 0 Å². The van der Waals surface area contributed by atoms with Crippen LogP contribution in [0.25, 0.3) is 0 Å². The molecule has 0 fully saturated rings. The lowest BCUT2D eigenvalue weighted by Gasteiger charge is -2.08. The number of hydrogen-bond acceptors (Lipinski definition) is 4. The zero-order valence-corrected chi connectivity index (χ0v) is 11.4. The molecule has 1 aromatic rings. The van der Waals surface area contributed by atoms with Crippen molar-refractivity contribution in [1.82, 2.24) is 0 Å². The minimum Gasteiger partial charge on any atom is -0.490 e. The summed E-state index contributed by atoms with van der Waals surface area (Å²) in [5.74, 6) is 0.499. The van der Waals surface area contributed by atoms with Gasteiger partial charge in [-0.05, 0) is 30.7 Å². The van der Waals surface area contributed by atoms with Gasteiger partial charge in [0.1, 0.15) is 12.4 Å². The van der Waals surface area contributed by atoms with Crippen LogP contribution in [0.15, 0.2) is 28.4 Å². The molecule has 0 unspecified atom stereocenters. The number of benzene rings is 1. The van der Waals surface area contributed by atoms with Crippen LogP contribution in [-0.2, 0) is 4.74 Å². The van der Waals surface area contributed by atoms with Gasteiger partial charge < -0.3 is 20.9 Å². The molecule has 0 aliphatic carbocycles. The monoisotopic (exact) mass is 284 g/mol. The standard InChI is InChI=1S/C12H17ClN4O2/c1-2-18-5-6-19-11-4-3-9(7-10(11)13)8-16-17-12(14)15/h3-4,7-8H,2,5-6H2,1H3,(H4,14,15,17). The average molecular weight is 285 g/mol. The molecule has 19 heavy (non-hydrogen) atoms. The van der Waals surface area contributed by atoms with Gasteiger partial charge in [0.25, 0.3) is 0 Å². The molecular weight excluding hydrogens is 268 g/mol. The Kier molecular flexibility index (Phi) is 6.70. The molecule has 0 spiro atoms.